The van der Waals surface area contributed by atoms with E-state index in [0.29, 0.717) is 10.6 Å². The molecule has 1 aromatic rings. The molecule has 1 N–H and O–H groups in total. The standard InChI is InChI=1S/C16H24O3S/c1-10-5-7-11(8-6-10)19-12-9-13(16(2,3)4)20-14(12)15(17)18/h9-11H,5-8H2,1-4H3,(H,17,18). The Hall–Kier alpha value is -1.03. The van der Waals surface area contributed by atoms with Crippen LogP contribution in [-0.4, -0.2) is 17.2 Å². The number of hydrogen-bond donors (Lipinski definition) is 1. The van der Waals surface area contributed by atoms with E-state index in [0.717, 1.165) is 23.6 Å². The Kier molecular flexibility index (Phi) is 4.43. The molecule has 0 saturated heterocycles. The van der Waals surface area contributed by atoms with Crippen LogP contribution >= 0.6 is 11.3 Å². The van der Waals surface area contributed by atoms with Gasteiger partial charge in [-0.3, -0.25) is 0 Å². The molecule has 1 saturated carbocycles. The van der Waals surface area contributed by atoms with Crippen LogP contribution in [-0.2, 0) is 5.41 Å². The second-order valence-corrected chi connectivity index (χ2v) is 7.91. The lowest BCUT2D eigenvalue weighted by Gasteiger charge is -2.26. The Balaban J connectivity index is 2.17. The molecule has 112 valence electrons. The lowest BCUT2D eigenvalue weighted by Crippen LogP contribution is -2.23. The summed E-state index contributed by atoms with van der Waals surface area (Å²) < 4.78 is 6.00. The van der Waals surface area contributed by atoms with Crippen molar-refractivity contribution >= 4 is 17.3 Å². The van der Waals surface area contributed by atoms with E-state index < -0.39 is 5.97 Å². The first-order valence-electron chi connectivity index (χ1n) is 7.31. The van der Waals surface area contributed by atoms with E-state index in [2.05, 4.69) is 27.7 Å². The molecule has 3 nitrogen and oxygen atoms in total. The summed E-state index contributed by atoms with van der Waals surface area (Å²) in [4.78, 5) is 12.8. The molecule has 4 heteroatoms. The maximum Gasteiger partial charge on any atom is 0.349 e. The van der Waals surface area contributed by atoms with E-state index in [1.165, 1.54) is 24.2 Å². The second kappa shape index (κ2) is 5.76. The molecular weight excluding hydrogens is 272 g/mol. The Morgan fingerprint density at radius 2 is 1.90 bits per heavy atom. The van der Waals surface area contributed by atoms with Gasteiger partial charge in [0.2, 0.25) is 0 Å². The summed E-state index contributed by atoms with van der Waals surface area (Å²) in [5.41, 5.74) is -0.0441. The van der Waals surface area contributed by atoms with Crippen LogP contribution in [0.3, 0.4) is 0 Å². The van der Waals surface area contributed by atoms with Gasteiger partial charge >= 0.3 is 5.97 Å². The van der Waals surface area contributed by atoms with E-state index >= 15 is 0 Å². The van der Waals surface area contributed by atoms with Crippen molar-refractivity contribution < 1.29 is 14.6 Å². The highest BCUT2D eigenvalue weighted by Crippen LogP contribution is 2.38. The zero-order chi connectivity index (χ0) is 14.9. The number of rotatable bonds is 3. The van der Waals surface area contributed by atoms with Gasteiger partial charge in [-0.1, -0.05) is 27.7 Å². The van der Waals surface area contributed by atoms with Gasteiger partial charge in [-0.2, -0.15) is 0 Å². The normalized spacial score (nSPS) is 23.6. The van der Waals surface area contributed by atoms with Crippen molar-refractivity contribution in [3.05, 3.63) is 15.8 Å². The van der Waals surface area contributed by atoms with Gasteiger partial charge in [0, 0.05) is 4.88 Å². The zero-order valence-electron chi connectivity index (χ0n) is 12.7. The van der Waals surface area contributed by atoms with Gasteiger partial charge in [0.25, 0.3) is 0 Å². The molecule has 0 bridgehead atoms. The molecule has 0 radical (unpaired) electrons. The van der Waals surface area contributed by atoms with Crippen LogP contribution in [0.15, 0.2) is 6.07 Å². The fourth-order valence-electron chi connectivity index (χ4n) is 2.51. The molecule has 0 aromatic carbocycles. The van der Waals surface area contributed by atoms with Gasteiger partial charge in [-0.15, -0.1) is 11.3 Å². The summed E-state index contributed by atoms with van der Waals surface area (Å²) in [7, 11) is 0. The van der Waals surface area contributed by atoms with E-state index in [1.54, 1.807) is 0 Å². The summed E-state index contributed by atoms with van der Waals surface area (Å²) in [6.07, 6.45) is 4.57. The summed E-state index contributed by atoms with van der Waals surface area (Å²) >= 11 is 1.34. The van der Waals surface area contributed by atoms with Gasteiger partial charge in [0.1, 0.15) is 5.75 Å². The van der Waals surface area contributed by atoms with E-state index in [9.17, 15) is 9.90 Å². The van der Waals surface area contributed by atoms with Gasteiger partial charge in [-0.05, 0) is 43.1 Å². The predicted molar refractivity (Wildman–Crippen MR) is 82.0 cm³/mol. The van der Waals surface area contributed by atoms with Crippen molar-refractivity contribution in [3.8, 4) is 5.75 Å². The van der Waals surface area contributed by atoms with E-state index in [4.69, 9.17) is 4.74 Å². The van der Waals surface area contributed by atoms with Crippen LogP contribution in [0.1, 0.15) is 67.9 Å². The molecule has 1 heterocycles. The molecule has 0 amide bonds. The maximum atomic E-state index is 11.4. The first kappa shape index (κ1) is 15.4. The average molecular weight is 296 g/mol. The number of carboxylic acid groups (broad SMARTS) is 1. The van der Waals surface area contributed by atoms with Gasteiger partial charge in [0.05, 0.1) is 6.10 Å². The van der Waals surface area contributed by atoms with E-state index in [-0.39, 0.29) is 11.5 Å². The Morgan fingerprint density at radius 3 is 2.40 bits per heavy atom. The molecule has 0 unspecified atom stereocenters. The summed E-state index contributed by atoms with van der Waals surface area (Å²) in [6.45, 7) is 8.55. The van der Waals surface area contributed by atoms with Crippen LogP contribution in [0.4, 0.5) is 0 Å². The molecule has 0 atom stereocenters. The minimum atomic E-state index is -0.885. The topological polar surface area (TPSA) is 46.5 Å². The third-order valence-electron chi connectivity index (χ3n) is 3.89. The molecule has 1 aliphatic carbocycles. The third kappa shape index (κ3) is 3.54. The summed E-state index contributed by atoms with van der Waals surface area (Å²) in [5.74, 6) is 0.443. The Morgan fingerprint density at radius 1 is 1.30 bits per heavy atom. The Bertz CT molecular complexity index is 476. The zero-order valence-corrected chi connectivity index (χ0v) is 13.5. The largest absolute Gasteiger partial charge is 0.489 e. The highest BCUT2D eigenvalue weighted by atomic mass is 32.1. The molecule has 1 fully saturated rings. The number of aromatic carboxylic acids is 1. The lowest BCUT2D eigenvalue weighted by molar-refractivity contribution is 0.0690. The van der Waals surface area contributed by atoms with Crippen LogP contribution in [0.2, 0.25) is 0 Å². The van der Waals surface area contributed by atoms with Crippen molar-refractivity contribution in [1.82, 2.24) is 0 Å². The smallest absolute Gasteiger partial charge is 0.349 e. The SMILES string of the molecule is CC1CCC(Oc2cc(C(C)(C)C)sc2C(=O)O)CC1. The van der Waals surface area contributed by atoms with E-state index in [1.807, 2.05) is 6.07 Å². The van der Waals surface area contributed by atoms with Crippen LogP contribution in [0.5, 0.6) is 5.75 Å². The number of carboxylic acids is 1. The second-order valence-electron chi connectivity index (χ2n) is 6.86. The molecule has 20 heavy (non-hydrogen) atoms. The van der Waals surface area contributed by atoms with Gasteiger partial charge in [0.15, 0.2) is 4.88 Å². The number of ether oxygens (including phenoxy) is 1. The minimum Gasteiger partial charge on any atom is -0.489 e. The third-order valence-corrected chi connectivity index (χ3v) is 5.42. The molecule has 1 aromatic heterocycles. The fraction of sp³-hybridized carbons (Fsp3) is 0.688. The highest BCUT2D eigenvalue weighted by molar-refractivity contribution is 7.14. The maximum absolute atomic E-state index is 11.4. The quantitative estimate of drug-likeness (QED) is 0.879. The summed E-state index contributed by atoms with van der Waals surface area (Å²) in [5, 5.41) is 9.35. The Labute approximate surface area is 125 Å². The molecule has 0 spiro atoms. The number of thiophene rings is 1. The molecular formula is C16H24O3S. The number of carbonyl (C=O) groups is 1. The summed E-state index contributed by atoms with van der Waals surface area (Å²) in [6, 6.07) is 1.92. The van der Waals surface area contributed by atoms with Crippen molar-refractivity contribution in [1.29, 1.82) is 0 Å². The monoisotopic (exact) mass is 296 g/mol. The molecule has 0 aliphatic heterocycles. The van der Waals surface area contributed by atoms with Crippen molar-refractivity contribution in [2.24, 2.45) is 5.92 Å². The average Bonchev–Trinajstić information content (AvgIpc) is 2.76. The van der Waals surface area contributed by atoms with Crippen LogP contribution in [0.25, 0.3) is 0 Å². The van der Waals surface area contributed by atoms with Crippen molar-refractivity contribution in [2.75, 3.05) is 0 Å². The van der Waals surface area contributed by atoms with Crippen molar-refractivity contribution in [3.63, 3.8) is 0 Å². The van der Waals surface area contributed by atoms with Crippen molar-refractivity contribution in [2.45, 2.75) is 64.9 Å². The van der Waals surface area contributed by atoms with Crippen LogP contribution in [0, 0.1) is 5.92 Å². The molecule has 1 aliphatic rings. The minimum absolute atomic E-state index is 0.0441. The lowest BCUT2D eigenvalue weighted by atomic mass is 9.89. The molecule has 2 rings (SSSR count). The first-order valence-corrected chi connectivity index (χ1v) is 8.13. The van der Waals surface area contributed by atoms with Crippen LogP contribution < -0.4 is 4.74 Å². The van der Waals surface area contributed by atoms with Gasteiger partial charge in [-0.25, -0.2) is 4.79 Å². The highest BCUT2D eigenvalue weighted by Gasteiger charge is 2.26. The van der Waals surface area contributed by atoms with Gasteiger partial charge < -0.3 is 9.84 Å². The fourth-order valence-corrected chi connectivity index (χ4v) is 3.49. The first-order chi connectivity index (χ1) is 9.27. The predicted octanol–water partition coefficient (Wildman–Crippen LogP) is 4.70. The number of hydrogen-bond acceptors (Lipinski definition) is 3.